The Morgan fingerprint density at radius 1 is 1.24 bits per heavy atom. The van der Waals surface area contributed by atoms with Crippen molar-refractivity contribution in [1.82, 2.24) is 4.90 Å². The zero-order chi connectivity index (χ0) is 13.5. The number of rotatable bonds is 7. The lowest BCUT2D eigenvalue weighted by Crippen LogP contribution is -2.29. The van der Waals surface area contributed by atoms with Crippen molar-refractivity contribution in [1.29, 1.82) is 0 Å². The number of nitrogens with zero attached hydrogens (tertiary/aromatic N) is 1. The molecule has 0 N–H and O–H groups in total. The molecule has 17 heavy (non-hydrogen) atoms. The van der Waals surface area contributed by atoms with Gasteiger partial charge in [0.15, 0.2) is 0 Å². The first-order valence-corrected chi connectivity index (χ1v) is 6.22. The van der Waals surface area contributed by atoms with E-state index in [1.54, 1.807) is 0 Å². The first-order chi connectivity index (χ1) is 7.70. The SMILES string of the molecule is CC(C)OCCN(C)CCC(=O)OC(C)(C)C. The monoisotopic (exact) mass is 245 g/mol. The van der Waals surface area contributed by atoms with Gasteiger partial charge in [0, 0.05) is 13.1 Å². The van der Waals surface area contributed by atoms with Crippen LogP contribution in [0.25, 0.3) is 0 Å². The zero-order valence-corrected chi connectivity index (χ0v) is 12.1. The van der Waals surface area contributed by atoms with Crippen LogP contribution in [0.1, 0.15) is 41.0 Å². The molecule has 0 saturated heterocycles. The van der Waals surface area contributed by atoms with E-state index >= 15 is 0 Å². The molecule has 4 heteroatoms. The quantitative estimate of drug-likeness (QED) is 0.644. The summed E-state index contributed by atoms with van der Waals surface area (Å²) in [6.45, 7) is 11.9. The van der Waals surface area contributed by atoms with Crippen molar-refractivity contribution in [3.63, 3.8) is 0 Å². The number of carbonyl (C=O) groups excluding carboxylic acids is 1. The predicted octanol–water partition coefficient (Wildman–Crippen LogP) is 2.08. The normalized spacial score (nSPS) is 12.2. The molecule has 0 aromatic carbocycles. The fourth-order valence-electron chi connectivity index (χ4n) is 1.23. The minimum atomic E-state index is -0.392. The summed E-state index contributed by atoms with van der Waals surface area (Å²) in [5.41, 5.74) is -0.392. The molecule has 0 radical (unpaired) electrons. The second-order valence-corrected chi connectivity index (χ2v) is 5.56. The topological polar surface area (TPSA) is 38.8 Å². The third kappa shape index (κ3) is 11.6. The molecule has 0 fully saturated rings. The molecular weight excluding hydrogens is 218 g/mol. The molecule has 0 heterocycles. The Morgan fingerprint density at radius 3 is 2.29 bits per heavy atom. The second kappa shape index (κ2) is 7.67. The first kappa shape index (κ1) is 16.4. The van der Waals surface area contributed by atoms with Gasteiger partial charge in [-0.3, -0.25) is 4.79 Å². The van der Waals surface area contributed by atoms with E-state index in [9.17, 15) is 4.79 Å². The molecule has 0 aromatic heterocycles. The van der Waals surface area contributed by atoms with Crippen LogP contribution >= 0.6 is 0 Å². The van der Waals surface area contributed by atoms with Gasteiger partial charge in [-0.15, -0.1) is 0 Å². The maximum Gasteiger partial charge on any atom is 0.307 e. The van der Waals surface area contributed by atoms with E-state index in [4.69, 9.17) is 9.47 Å². The Labute approximate surface area is 105 Å². The van der Waals surface area contributed by atoms with Crippen LogP contribution in [0.2, 0.25) is 0 Å². The van der Waals surface area contributed by atoms with E-state index in [0.717, 1.165) is 6.54 Å². The van der Waals surface area contributed by atoms with Crippen LogP contribution in [0.3, 0.4) is 0 Å². The van der Waals surface area contributed by atoms with Gasteiger partial charge >= 0.3 is 5.97 Å². The third-order valence-electron chi connectivity index (χ3n) is 2.04. The summed E-state index contributed by atoms with van der Waals surface area (Å²) in [5.74, 6) is -0.144. The maximum absolute atomic E-state index is 11.5. The molecule has 0 aliphatic heterocycles. The Hall–Kier alpha value is -0.610. The molecular formula is C13H27NO3. The lowest BCUT2D eigenvalue weighted by atomic mass is 10.2. The van der Waals surface area contributed by atoms with Crippen LogP contribution in [-0.4, -0.2) is 49.3 Å². The average Bonchev–Trinajstić information content (AvgIpc) is 2.11. The highest BCUT2D eigenvalue weighted by atomic mass is 16.6. The van der Waals surface area contributed by atoms with E-state index < -0.39 is 5.60 Å². The number of likely N-dealkylation sites (N-methyl/N-ethyl adjacent to an activating group) is 1. The Bertz CT molecular complexity index is 221. The first-order valence-electron chi connectivity index (χ1n) is 6.22. The Kier molecular flexibility index (Phi) is 7.39. The molecule has 0 bridgehead atoms. The molecule has 4 nitrogen and oxygen atoms in total. The van der Waals surface area contributed by atoms with E-state index in [-0.39, 0.29) is 12.1 Å². The van der Waals surface area contributed by atoms with Gasteiger partial charge in [0.25, 0.3) is 0 Å². The van der Waals surface area contributed by atoms with Crippen molar-refractivity contribution in [2.45, 2.75) is 52.7 Å². The summed E-state index contributed by atoms with van der Waals surface area (Å²) in [5, 5.41) is 0. The highest BCUT2D eigenvalue weighted by Crippen LogP contribution is 2.08. The fraction of sp³-hybridized carbons (Fsp3) is 0.923. The summed E-state index contributed by atoms with van der Waals surface area (Å²) in [4.78, 5) is 13.5. The number of ether oxygens (including phenoxy) is 2. The summed E-state index contributed by atoms with van der Waals surface area (Å²) in [6.07, 6.45) is 0.685. The van der Waals surface area contributed by atoms with Gasteiger partial charge < -0.3 is 14.4 Å². The number of hydrogen-bond donors (Lipinski definition) is 0. The average molecular weight is 245 g/mol. The highest BCUT2D eigenvalue weighted by Gasteiger charge is 2.16. The standard InChI is InChI=1S/C13H27NO3/c1-11(2)16-10-9-14(6)8-7-12(15)17-13(3,4)5/h11H,7-10H2,1-6H3. The van der Waals surface area contributed by atoms with Crippen LogP contribution in [0.4, 0.5) is 0 Å². The largest absolute Gasteiger partial charge is 0.460 e. The predicted molar refractivity (Wildman–Crippen MR) is 69.0 cm³/mol. The van der Waals surface area contributed by atoms with E-state index in [1.807, 2.05) is 41.7 Å². The van der Waals surface area contributed by atoms with Crippen LogP contribution in [0.15, 0.2) is 0 Å². The van der Waals surface area contributed by atoms with Crippen LogP contribution in [0, 0.1) is 0 Å². The number of hydrogen-bond acceptors (Lipinski definition) is 4. The molecule has 0 saturated carbocycles. The van der Waals surface area contributed by atoms with Crippen LogP contribution in [0.5, 0.6) is 0 Å². The van der Waals surface area contributed by atoms with Crippen molar-refractivity contribution in [2.24, 2.45) is 0 Å². The number of carbonyl (C=O) groups is 1. The summed E-state index contributed by atoms with van der Waals surface area (Å²) < 4.78 is 10.7. The second-order valence-electron chi connectivity index (χ2n) is 5.56. The van der Waals surface area contributed by atoms with Gasteiger partial charge in [-0.25, -0.2) is 0 Å². The van der Waals surface area contributed by atoms with Gasteiger partial charge in [0.1, 0.15) is 5.60 Å². The van der Waals surface area contributed by atoms with Crippen LogP contribution in [-0.2, 0) is 14.3 Å². The summed E-state index contributed by atoms with van der Waals surface area (Å²) >= 11 is 0. The molecule has 0 aliphatic rings. The van der Waals surface area contributed by atoms with Gasteiger partial charge in [-0.2, -0.15) is 0 Å². The van der Waals surface area contributed by atoms with E-state index in [1.165, 1.54) is 0 Å². The summed E-state index contributed by atoms with van der Waals surface area (Å²) in [7, 11) is 1.98. The minimum absolute atomic E-state index is 0.144. The smallest absolute Gasteiger partial charge is 0.307 e. The molecule has 0 amide bonds. The Balaban J connectivity index is 3.62. The van der Waals surface area contributed by atoms with Crippen LogP contribution < -0.4 is 0 Å². The van der Waals surface area contributed by atoms with Gasteiger partial charge in [0.05, 0.1) is 19.1 Å². The van der Waals surface area contributed by atoms with Gasteiger partial charge in [-0.05, 0) is 41.7 Å². The highest BCUT2D eigenvalue weighted by molar-refractivity contribution is 5.70. The van der Waals surface area contributed by atoms with Crippen molar-refractivity contribution in [3.8, 4) is 0 Å². The molecule has 0 atom stereocenters. The molecule has 0 rings (SSSR count). The van der Waals surface area contributed by atoms with Crippen molar-refractivity contribution < 1.29 is 14.3 Å². The molecule has 0 unspecified atom stereocenters. The zero-order valence-electron chi connectivity index (χ0n) is 12.1. The van der Waals surface area contributed by atoms with E-state index in [0.29, 0.717) is 19.6 Å². The Morgan fingerprint density at radius 2 is 1.82 bits per heavy atom. The molecule has 0 aliphatic carbocycles. The number of esters is 1. The molecule has 0 aromatic rings. The van der Waals surface area contributed by atoms with Crippen molar-refractivity contribution in [2.75, 3.05) is 26.7 Å². The van der Waals surface area contributed by atoms with Crippen molar-refractivity contribution in [3.05, 3.63) is 0 Å². The maximum atomic E-state index is 11.5. The third-order valence-corrected chi connectivity index (χ3v) is 2.04. The van der Waals surface area contributed by atoms with Crippen molar-refractivity contribution >= 4 is 5.97 Å². The molecule has 102 valence electrons. The fourth-order valence-corrected chi connectivity index (χ4v) is 1.23. The molecule has 0 spiro atoms. The lowest BCUT2D eigenvalue weighted by molar-refractivity contribution is -0.155. The summed E-state index contributed by atoms with van der Waals surface area (Å²) in [6, 6.07) is 0. The van der Waals surface area contributed by atoms with Gasteiger partial charge in [0.2, 0.25) is 0 Å². The minimum Gasteiger partial charge on any atom is -0.460 e. The van der Waals surface area contributed by atoms with Gasteiger partial charge in [-0.1, -0.05) is 0 Å². The lowest BCUT2D eigenvalue weighted by Gasteiger charge is -2.21. The van der Waals surface area contributed by atoms with E-state index in [2.05, 4.69) is 4.90 Å².